The number of aromatic amines is 2. The molecular formula is C56H59N3O17. The summed E-state index contributed by atoms with van der Waals surface area (Å²) in [6, 6.07) is 32.3. The number of methoxy groups -OCH3 is 1. The highest BCUT2D eigenvalue weighted by molar-refractivity contribution is 5.92. The van der Waals surface area contributed by atoms with Crippen LogP contribution in [-0.4, -0.2) is 120 Å². The number of hydrogen-bond acceptors (Lipinski definition) is 17. The van der Waals surface area contributed by atoms with Gasteiger partial charge < -0.3 is 53.3 Å². The molecule has 3 fully saturated rings. The summed E-state index contributed by atoms with van der Waals surface area (Å²) in [7, 11) is 1.15. The molecular weight excluding hydrogens is 987 g/mol. The Bertz CT molecular complexity index is 2850. The Hall–Kier alpha value is -7.78. The number of carbonyl (C=O) groups excluding carboxylic acids is 6. The quantitative estimate of drug-likeness (QED) is 0.0626. The van der Waals surface area contributed by atoms with Gasteiger partial charge in [-0.2, -0.15) is 0 Å². The first kappa shape index (κ1) is 54.5. The summed E-state index contributed by atoms with van der Waals surface area (Å²) < 4.78 is 49.8. The van der Waals surface area contributed by atoms with Crippen LogP contribution in [0.25, 0.3) is 0 Å². The van der Waals surface area contributed by atoms with Gasteiger partial charge in [0.15, 0.2) is 24.6 Å². The lowest BCUT2D eigenvalue weighted by Crippen LogP contribution is -2.65. The van der Waals surface area contributed by atoms with Crippen LogP contribution in [0.4, 0.5) is 0 Å². The molecule has 2 saturated carbocycles. The molecule has 10 atom stereocenters. The van der Waals surface area contributed by atoms with E-state index in [0.29, 0.717) is 5.56 Å². The van der Waals surface area contributed by atoms with Crippen LogP contribution >= 0.6 is 0 Å². The molecule has 20 nitrogen and oxygen atoms in total. The lowest BCUT2D eigenvalue weighted by molar-refractivity contribution is -0.327. The molecule has 4 aromatic carbocycles. The van der Waals surface area contributed by atoms with Gasteiger partial charge in [-0.3, -0.25) is 19.4 Å². The van der Waals surface area contributed by atoms with Crippen LogP contribution in [0, 0.1) is 11.8 Å². The minimum Gasteiger partial charge on any atom is -0.469 e. The van der Waals surface area contributed by atoms with E-state index in [1.807, 2.05) is 11.1 Å². The number of rotatable bonds is 19. The zero-order chi connectivity index (χ0) is 53.6. The number of aliphatic hydroxyl groups excluding tert-OH is 1. The highest BCUT2D eigenvalue weighted by atomic mass is 16.7. The number of aromatic nitrogens is 2. The fraction of sp³-hybridized carbons (Fsp3) is 0.393. The highest BCUT2D eigenvalue weighted by Gasteiger charge is 2.55. The second-order valence-electron chi connectivity index (χ2n) is 18.8. The largest absolute Gasteiger partial charge is 0.469 e. The summed E-state index contributed by atoms with van der Waals surface area (Å²) in [4.78, 5) is 112. The Morgan fingerprint density at radius 3 is 1.87 bits per heavy atom. The van der Waals surface area contributed by atoms with Crippen molar-refractivity contribution < 1.29 is 71.8 Å². The van der Waals surface area contributed by atoms with Gasteiger partial charge in [0.05, 0.1) is 41.9 Å². The molecule has 5 aromatic rings. The molecule has 0 bridgehead atoms. The zero-order valence-electron chi connectivity index (χ0n) is 41.5. The van der Waals surface area contributed by atoms with Gasteiger partial charge in [-0.05, 0) is 67.1 Å². The maximum atomic E-state index is 14.6. The molecule has 1 saturated heterocycles. The Kier molecular flexibility index (Phi) is 18.7. The van der Waals surface area contributed by atoms with Crippen LogP contribution in [-0.2, 0) is 54.1 Å². The van der Waals surface area contributed by atoms with Crippen LogP contribution < -0.4 is 16.6 Å². The molecule has 1 amide bonds. The summed E-state index contributed by atoms with van der Waals surface area (Å²) in [5.74, 6) is -6.24. The molecule has 2 heterocycles. The summed E-state index contributed by atoms with van der Waals surface area (Å²) >= 11 is 0. The first-order valence-electron chi connectivity index (χ1n) is 25.1. The Labute approximate surface area is 436 Å². The Balaban J connectivity index is 1.22. The number of esters is 5. The fourth-order valence-electron chi connectivity index (χ4n) is 9.71. The van der Waals surface area contributed by atoms with Crippen molar-refractivity contribution in [3.05, 3.63) is 176 Å². The van der Waals surface area contributed by atoms with E-state index in [2.05, 4.69) is 10.3 Å². The number of aliphatic hydroxyl groups is 1. The van der Waals surface area contributed by atoms with Crippen molar-refractivity contribution in [1.29, 1.82) is 0 Å². The third kappa shape index (κ3) is 14.3. The fourth-order valence-corrected chi connectivity index (χ4v) is 9.71. The number of hydrogen-bond donors (Lipinski definition) is 4. The van der Waals surface area contributed by atoms with Gasteiger partial charge in [-0.1, -0.05) is 117 Å². The van der Waals surface area contributed by atoms with E-state index in [1.165, 1.54) is 36.4 Å². The van der Waals surface area contributed by atoms with Gasteiger partial charge in [0, 0.05) is 6.07 Å². The number of carbonyl (C=O) groups is 6. The van der Waals surface area contributed by atoms with Crippen molar-refractivity contribution in [3.8, 4) is 0 Å². The van der Waals surface area contributed by atoms with E-state index in [0.717, 1.165) is 45.3 Å². The lowest BCUT2D eigenvalue weighted by atomic mass is 9.81. The van der Waals surface area contributed by atoms with Crippen LogP contribution in [0.3, 0.4) is 0 Å². The number of nitrogens with one attached hydrogen (secondary N) is 3. The Morgan fingerprint density at radius 2 is 1.28 bits per heavy atom. The van der Waals surface area contributed by atoms with Gasteiger partial charge in [-0.25, -0.2) is 24.0 Å². The monoisotopic (exact) mass is 1050 g/mol. The van der Waals surface area contributed by atoms with E-state index >= 15 is 0 Å². The second kappa shape index (κ2) is 26.1. The predicted octanol–water partition coefficient (Wildman–Crippen LogP) is 4.99. The van der Waals surface area contributed by atoms with Crippen molar-refractivity contribution in [1.82, 2.24) is 15.3 Å². The van der Waals surface area contributed by atoms with Crippen molar-refractivity contribution >= 4 is 35.8 Å². The zero-order valence-corrected chi connectivity index (χ0v) is 41.5. The molecule has 0 spiro atoms. The van der Waals surface area contributed by atoms with Crippen LogP contribution in [0.15, 0.2) is 137 Å². The molecule has 20 heteroatoms. The molecule has 1 aliphatic heterocycles. The molecule has 4 N–H and O–H groups in total. The maximum Gasteiger partial charge on any atom is 0.338 e. The molecule has 400 valence electrons. The average molecular weight is 1050 g/mol. The summed E-state index contributed by atoms with van der Waals surface area (Å²) in [5.41, 5.74) is -1.30. The van der Waals surface area contributed by atoms with Gasteiger partial charge >= 0.3 is 35.5 Å². The third-order valence-corrected chi connectivity index (χ3v) is 13.6. The molecule has 8 rings (SSSR count). The predicted molar refractivity (Wildman–Crippen MR) is 267 cm³/mol. The van der Waals surface area contributed by atoms with Gasteiger partial charge in [0.1, 0.15) is 37.2 Å². The molecule has 9 unspecified atom stereocenters. The van der Waals surface area contributed by atoms with E-state index in [1.54, 1.807) is 78.9 Å². The Morgan fingerprint density at radius 1 is 0.697 bits per heavy atom. The van der Waals surface area contributed by atoms with Gasteiger partial charge in [-0.15, -0.1) is 0 Å². The number of ether oxygens (including phenoxy) is 8. The summed E-state index contributed by atoms with van der Waals surface area (Å²) in [6.07, 6.45) is -9.22. The second-order valence-corrected chi connectivity index (χ2v) is 18.8. The average Bonchev–Trinajstić information content (AvgIpc) is 3.44. The lowest BCUT2D eigenvalue weighted by Gasteiger charge is -2.47. The van der Waals surface area contributed by atoms with Crippen LogP contribution in [0.5, 0.6) is 0 Å². The molecule has 2 aliphatic carbocycles. The van der Waals surface area contributed by atoms with Gasteiger partial charge in [0.25, 0.3) is 11.5 Å². The SMILES string of the molecule is COC(=O)C1CC(NC(=O)c2cc(=O)[nH]c(=O)[nH]2)C(O)C(OC2OC(COC(=O)c3ccccc3)C(OC(=O)c3ccccc3)C(O[C@@H](CC3CCCCC3)C(=O)OCc3ccccc3)C2OC(=O)c2ccccc2)C1. The smallest absolute Gasteiger partial charge is 0.338 e. The first-order chi connectivity index (χ1) is 36.8. The molecule has 76 heavy (non-hydrogen) atoms. The maximum absolute atomic E-state index is 14.6. The number of benzene rings is 4. The van der Waals surface area contributed by atoms with E-state index in [9.17, 15) is 43.5 Å². The topological polar surface area (TPSA) is 274 Å². The molecule has 3 aliphatic rings. The molecule has 1 aromatic heterocycles. The summed E-state index contributed by atoms with van der Waals surface area (Å²) in [6.45, 7) is -0.785. The van der Waals surface area contributed by atoms with Crippen LogP contribution in [0.2, 0.25) is 0 Å². The van der Waals surface area contributed by atoms with Gasteiger partial charge in [0.2, 0.25) is 0 Å². The minimum absolute atomic E-state index is 0.0277. The number of H-pyrrole nitrogens is 2. The van der Waals surface area contributed by atoms with E-state index in [-0.39, 0.29) is 48.5 Å². The van der Waals surface area contributed by atoms with Crippen molar-refractivity contribution in [2.45, 2.75) is 113 Å². The normalized spacial score (nSPS) is 23.9. The van der Waals surface area contributed by atoms with Crippen molar-refractivity contribution in [2.24, 2.45) is 11.8 Å². The minimum atomic E-state index is -1.86. The van der Waals surface area contributed by atoms with Crippen molar-refractivity contribution in [3.63, 3.8) is 0 Å². The molecule has 0 radical (unpaired) electrons. The summed E-state index contributed by atoms with van der Waals surface area (Å²) in [5, 5.41) is 14.7. The highest BCUT2D eigenvalue weighted by Crippen LogP contribution is 2.37. The standard InChI is InChI=1S/C56H59N3O17/c1-69-50(63)38-28-39(57-49(62)40-30-44(60)59-56(68)58-40)45(61)41(29-38)73-55-48(76-53(66)37-25-15-6-16-26-37)47(72-42(27-33-17-7-2-8-18-33)54(67)70-31-34-19-9-3-10-20-34)46(75-52(65)36-23-13-5-14-24-36)43(74-55)32-71-51(64)35-21-11-4-12-22-35/h3-6,9-16,19-26,30,33,38-39,41-43,45-48,55,61H,2,7-8,17-18,27-29,31-32H2,1H3,(H,57,62)(H2,58,59,60,68)/t38?,39?,41?,42-,43?,45?,46?,47?,48?,55?/m0/s1. The number of amides is 1. The van der Waals surface area contributed by atoms with Crippen molar-refractivity contribution in [2.75, 3.05) is 13.7 Å². The van der Waals surface area contributed by atoms with Crippen LogP contribution in [0.1, 0.15) is 98.5 Å². The van der Waals surface area contributed by atoms with E-state index < -0.39 is 120 Å². The third-order valence-electron chi connectivity index (χ3n) is 13.6. The first-order valence-corrected chi connectivity index (χ1v) is 25.1. The van der Waals surface area contributed by atoms with E-state index in [4.69, 9.17) is 37.9 Å².